The first kappa shape index (κ1) is 11.9. The summed E-state index contributed by atoms with van der Waals surface area (Å²) in [6.45, 7) is 4.01. The normalized spacial score (nSPS) is 12.8. The zero-order valence-corrected chi connectivity index (χ0v) is 9.31. The molecule has 0 aliphatic carbocycles. The Morgan fingerprint density at radius 3 is 2.33 bits per heavy atom. The number of ketones is 1. The van der Waals surface area contributed by atoms with Crippen LogP contribution in [-0.4, -0.2) is 10.9 Å². The van der Waals surface area contributed by atoms with Gasteiger partial charge in [-0.3, -0.25) is 4.79 Å². The van der Waals surface area contributed by atoms with Crippen LogP contribution in [-0.2, 0) is 4.79 Å². The topological polar surface area (TPSA) is 37.3 Å². The third kappa shape index (κ3) is 4.26. The predicted molar refractivity (Wildman–Crippen MR) is 60.5 cm³/mol. The van der Waals surface area contributed by atoms with E-state index in [1.807, 2.05) is 44.2 Å². The quantitative estimate of drug-likeness (QED) is 0.804. The summed E-state index contributed by atoms with van der Waals surface area (Å²) >= 11 is 0. The number of Topliss-reactive ketones (excluding diaryl/α,β-unsaturated/α-hetero) is 1. The predicted octanol–water partition coefficient (Wildman–Crippen LogP) is 2.73. The molecule has 1 atom stereocenters. The average molecular weight is 206 g/mol. The number of carbonyl (C=O) groups excluding carboxylic acids is 1. The molecule has 0 aliphatic heterocycles. The molecule has 0 saturated carbocycles. The molecule has 0 saturated heterocycles. The molecule has 2 nitrogen and oxygen atoms in total. The summed E-state index contributed by atoms with van der Waals surface area (Å²) in [5.41, 5.74) is 0.814. The molecule has 0 spiro atoms. The highest BCUT2D eigenvalue weighted by Gasteiger charge is 2.13. The molecule has 0 bridgehead atoms. The molecule has 1 rings (SSSR count). The van der Waals surface area contributed by atoms with Crippen LogP contribution < -0.4 is 0 Å². The van der Waals surface area contributed by atoms with Gasteiger partial charge in [0.25, 0.3) is 0 Å². The van der Waals surface area contributed by atoms with Crippen LogP contribution in [0.1, 0.15) is 38.4 Å². The smallest absolute Gasteiger partial charge is 0.136 e. The zero-order chi connectivity index (χ0) is 11.3. The molecular formula is C13H18O2. The standard InChI is InChI=1S/C13H18O2/c1-10(2)8-12(14)9-13(15)11-6-4-3-5-7-11/h3-7,10,13,15H,8-9H2,1-2H3/t13-/m0/s1. The van der Waals surface area contributed by atoms with Crippen molar-refractivity contribution in [2.24, 2.45) is 5.92 Å². The van der Waals surface area contributed by atoms with Crippen molar-refractivity contribution in [2.45, 2.75) is 32.8 Å². The lowest BCUT2D eigenvalue weighted by Gasteiger charge is -2.10. The Hall–Kier alpha value is -1.15. The maximum atomic E-state index is 11.5. The van der Waals surface area contributed by atoms with E-state index in [1.54, 1.807) is 0 Å². The number of hydrogen-bond donors (Lipinski definition) is 1. The molecule has 0 unspecified atom stereocenters. The van der Waals surface area contributed by atoms with E-state index in [0.29, 0.717) is 12.3 Å². The Balaban J connectivity index is 2.49. The molecule has 1 N–H and O–H groups in total. The van der Waals surface area contributed by atoms with Crippen LogP contribution in [0.25, 0.3) is 0 Å². The molecule has 1 aromatic carbocycles. The highest BCUT2D eigenvalue weighted by atomic mass is 16.3. The summed E-state index contributed by atoms with van der Waals surface area (Å²) in [6.07, 6.45) is 0.115. The van der Waals surface area contributed by atoms with Crippen LogP contribution in [0.3, 0.4) is 0 Å². The van der Waals surface area contributed by atoms with Crippen molar-refractivity contribution in [2.75, 3.05) is 0 Å². The fraction of sp³-hybridized carbons (Fsp3) is 0.462. The highest BCUT2D eigenvalue weighted by Crippen LogP contribution is 2.18. The number of benzene rings is 1. The van der Waals surface area contributed by atoms with Crippen LogP contribution in [0.5, 0.6) is 0 Å². The second-order valence-corrected chi connectivity index (χ2v) is 4.27. The van der Waals surface area contributed by atoms with E-state index in [4.69, 9.17) is 0 Å². The van der Waals surface area contributed by atoms with Gasteiger partial charge in [0.15, 0.2) is 0 Å². The number of rotatable bonds is 5. The van der Waals surface area contributed by atoms with Gasteiger partial charge in [-0.1, -0.05) is 44.2 Å². The van der Waals surface area contributed by atoms with Crippen LogP contribution in [0, 0.1) is 5.92 Å². The fourth-order valence-electron chi connectivity index (χ4n) is 1.55. The average Bonchev–Trinajstić information content (AvgIpc) is 2.17. The summed E-state index contributed by atoms with van der Waals surface area (Å²) in [5.74, 6) is 0.488. The second kappa shape index (κ2) is 5.66. The maximum Gasteiger partial charge on any atom is 0.136 e. The van der Waals surface area contributed by atoms with Gasteiger partial charge in [-0.15, -0.1) is 0 Å². The maximum absolute atomic E-state index is 11.5. The van der Waals surface area contributed by atoms with Gasteiger partial charge in [0, 0.05) is 12.8 Å². The Morgan fingerprint density at radius 2 is 1.80 bits per heavy atom. The second-order valence-electron chi connectivity index (χ2n) is 4.27. The van der Waals surface area contributed by atoms with Gasteiger partial charge < -0.3 is 5.11 Å². The monoisotopic (exact) mass is 206 g/mol. The minimum atomic E-state index is -0.655. The van der Waals surface area contributed by atoms with Gasteiger partial charge in [0.1, 0.15) is 5.78 Å². The molecular weight excluding hydrogens is 188 g/mol. The van der Waals surface area contributed by atoms with Crippen LogP contribution in [0.2, 0.25) is 0 Å². The van der Waals surface area contributed by atoms with Crippen molar-refractivity contribution >= 4 is 5.78 Å². The SMILES string of the molecule is CC(C)CC(=O)C[C@H](O)c1ccccc1. The first-order valence-corrected chi connectivity index (χ1v) is 5.34. The van der Waals surface area contributed by atoms with Gasteiger partial charge in [-0.25, -0.2) is 0 Å². The summed E-state index contributed by atoms with van der Waals surface area (Å²) in [4.78, 5) is 11.5. The lowest BCUT2D eigenvalue weighted by Crippen LogP contribution is -2.08. The Bertz CT molecular complexity index is 304. The molecule has 1 aromatic rings. The van der Waals surface area contributed by atoms with Crippen molar-refractivity contribution in [3.8, 4) is 0 Å². The Kier molecular flexibility index (Phi) is 4.50. The first-order chi connectivity index (χ1) is 7.09. The van der Waals surface area contributed by atoms with E-state index in [1.165, 1.54) is 0 Å². The van der Waals surface area contributed by atoms with Gasteiger partial charge in [-0.05, 0) is 11.5 Å². The minimum absolute atomic E-state index is 0.126. The van der Waals surface area contributed by atoms with Crippen LogP contribution in [0.15, 0.2) is 30.3 Å². The van der Waals surface area contributed by atoms with E-state index < -0.39 is 6.10 Å². The summed E-state index contributed by atoms with van der Waals surface area (Å²) in [7, 11) is 0. The van der Waals surface area contributed by atoms with Crippen LogP contribution in [0.4, 0.5) is 0 Å². The molecule has 0 aliphatic rings. The van der Waals surface area contributed by atoms with E-state index in [9.17, 15) is 9.90 Å². The fourth-order valence-corrected chi connectivity index (χ4v) is 1.55. The van der Waals surface area contributed by atoms with Crippen molar-refractivity contribution in [3.05, 3.63) is 35.9 Å². The molecule has 0 amide bonds. The number of hydrogen-bond acceptors (Lipinski definition) is 2. The van der Waals surface area contributed by atoms with E-state index in [-0.39, 0.29) is 12.2 Å². The summed E-state index contributed by atoms with van der Waals surface area (Å²) in [6, 6.07) is 9.31. The first-order valence-electron chi connectivity index (χ1n) is 5.34. The molecule has 2 heteroatoms. The van der Waals surface area contributed by atoms with E-state index >= 15 is 0 Å². The Morgan fingerprint density at radius 1 is 1.20 bits per heavy atom. The third-order valence-corrected chi connectivity index (χ3v) is 2.24. The van der Waals surface area contributed by atoms with E-state index in [2.05, 4.69) is 0 Å². The van der Waals surface area contributed by atoms with Crippen molar-refractivity contribution in [1.29, 1.82) is 0 Å². The van der Waals surface area contributed by atoms with Gasteiger partial charge in [0.2, 0.25) is 0 Å². The highest BCUT2D eigenvalue weighted by molar-refractivity contribution is 5.79. The lowest BCUT2D eigenvalue weighted by molar-refractivity contribution is -0.121. The molecule has 0 fully saturated rings. The summed E-state index contributed by atoms with van der Waals surface area (Å²) < 4.78 is 0. The van der Waals surface area contributed by atoms with Gasteiger partial charge in [0.05, 0.1) is 6.10 Å². The van der Waals surface area contributed by atoms with Gasteiger partial charge >= 0.3 is 0 Å². The van der Waals surface area contributed by atoms with Gasteiger partial charge in [-0.2, -0.15) is 0 Å². The van der Waals surface area contributed by atoms with E-state index in [0.717, 1.165) is 5.56 Å². The number of carbonyl (C=O) groups is 1. The molecule has 0 radical (unpaired) electrons. The number of aliphatic hydroxyl groups excluding tert-OH is 1. The Labute approximate surface area is 90.9 Å². The molecule has 15 heavy (non-hydrogen) atoms. The van der Waals surface area contributed by atoms with Crippen molar-refractivity contribution in [1.82, 2.24) is 0 Å². The molecule has 0 heterocycles. The van der Waals surface area contributed by atoms with Crippen LogP contribution >= 0.6 is 0 Å². The number of aliphatic hydroxyl groups is 1. The van der Waals surface area contributed by atoms with Crippen molar-refractivity contribution < 1.29 is 9.90 Å². The zero-order valence-electron chi connectivity index (χ0n) is 9.31. The summed E-state index contributed by atoms with van der Waals surface area (Å²) in [5, 5.41) is 9.78. The largest absolute Gasteiger partial charge is 0.388 e. The molecule has 82 valence electrons. The van der Waals surface area contributed by atoms with Crippen molar-refractivity contribution in [3.63, 3.8) is 0 Å². The lowest BCUT2D eigenvalue weighted by atomic mass is 9.99. The third-order valence-electron chi connectivity index (χ3n) is 2.24. The molecule has 0 aromatic heterocycles. The minimum Gasteiger partial charge on any atom is -0.388 e.